The Morgan fingerprint density at radius 2 is 1.56 bits per heavy atom. The van der Waals surface area contributed by atoms with Gasteiger partial charge < -0.3 is 48.5 Å². The Bertz CT molecular complexity index is 1740. The molecule has 5 aliphatic heterocycles. The second-order valence-corrected chi connectivity index (χ2v) is 19.7. The number of rotatable bonds is 14. The Balaban J connectivity index is 1.24. The minimum absolute atomic E-state index is 0.0530. The number of Topliss-reactive ketones (excluding diaryl/α,β-unsaturated/α-hetero) is 1. The van der Waals surface area contributed by atoms with E-state index in [1.165, 1.54) is 0 Å². The van der Waals surface area contributed by atoms with Crippen LogP contribution in [0.2, 0.25) is 0 Å². The number of aliphatic hydroxyl groups is 2. The maximum absolute atomic E-state index is 14.7. The molecule has 5 aliphatic rings. The maximum atomic E-state index is 14.7. The van der Waals surface area contributed by atoms with Gasteiger partial charge in [0.15, 0.2) is 11.9 Å². The van der Waals surface area contributed by atoms with Crippen LogP contribution in [0.3, 0.4) is 0 Å². The Hall–Kier alpha value is -2.91. The van der Waals surface area contributed by atoms with Crippen LogP contribution in [0.25, 0.3) is 0 Å². The van der Waals surface area contributed by atoms with Gasteiger partial charge in [-0.05, 0) is 108 Å². The summed E-state index contributed by atoms with van der Waals surface area (Å²) in [5.74, 6) is -6.14. The van der Waals surface area contributed by atoms with Crippen LogP contribution in [0.1, 0.15) is 133 Å². The lowest BCUT2D eigenvalue weighted by molar-refractivity contribution is -0.408. The molecular formula is C49H74O13. The lowest BCUT2D eigenvalue weighted by Crippen LogP contribution is -2.63. The number of carbonyl (C=O) groups is 3. The molecule has 4 fully saturated rings. The van der Waals surface area contributed by atoms with E-state index in [2.05, 4.69) is 13.8 Å². The van der Waals surface area contributed by atoms with Gasteiger partial charge in [-0.3, -0.25) is 9.59 Å². The number of carboxylic acids is 1. The molecule has 0 unspecified atom stereocenters. The van der Waals surface area contributed by atoms with Crippen molar-refractivity contribution in [3.63, 3.8) is 0 Å². The highest BCUT2D eigenvalue weighted by Crippen LogP contribution is 2.54. The number of ether oxygens (including phenoxy) is 7. The Labute approximate surface area is 368 Å². The molecule has 4 saturated heterocycles. The third-order valence-electron chi connectivity index (χ3n) is 15.6. The zero-order chi connectivity index (χ0) is 45.4. The van der Waals surface area contributed by atoms with Crippen LogP contribution in [0, 0.1) is 41.4 Å². The van der Waals surface area contributed by atoms with Gasteiger partial charge in [-0.1, -0.05) is 73.6 Å². The van der Waals surface area contributed by atoms with Gasteiger partial charge in [-0.25, -0.2) is 4.79 Å². The van der Waals surface area contributed by atoms with E-state index >= 15 is 0 Å². The zero-order valence-electron chi connectivity index (χ0n) is 38.6. The minimum atomic E-state index is -1.51. The summed E-state index contributed by atoms with van der Waals surface area (Å²) in [6.07, 6.45) is 3.78. The molecule has 13 nitrogen and oxygen atoms in total. The van der Waals surface area contributed by atoms with Crippen LogP contribution < -0.4 is 4.74 Å². The average molecular weight is 871 g/mol. The largest absolute Gasteiger partial charge is 0.514 e. The molecule has 0 amide bonds. The summed E-state index contributed by atoms with van der Waals surface area (Å²) < 4.78 is 45.9. The topological polar surface area (TPSA) is 177 Å². The summed E-state index contributed by atoms with van der Waals surface area (Å²) in [5, 5.41) is 32.9. The number of para-hydroxylation sites is 1. The summed E-state index contributed by atoms with van der Waals surface area (Å²) in [6, 6.07) is 8.66. The van der Waals surface area contributed by atoms with Crippen molar-refractivity contribution < 1.29 is 62.9 Å². The summed E-state index contributed by atoms with van der Waals surface area (Å²) in [6.45, 7) is 19.5. The van der Waals surface area contributed by atoms with Crippen molar-refractivity contribution in [3.05, 3.63) is 42.5 Å². The van der Waals surface area contributed by atoms with Gasteiger partial charge in [0, 0.05) is 30.1 Å². The second kappa shape index (κ2) is 19.3. The van der Waals surface area contributed by atoms with Crippen molar-refractivity contribution in [2.24, 2.45) is 41.4 Å². The lowest BCUT2D eigenvalue weighted by Gasteiger charge is -2.54. The fraction of sp³-hybridized carbons (Fsp3) is 0.776. The molecule has 1 aromatic rings. The highest BCUT2D eigenvalue weighted by molar-refractivity contribution is 5.84. The molecule has 6 rings (SSSR count). The number of hydrogen-bond donors (Lipinski definition) is 3. The van der Waals surface area contributed by atoms with E-state index in [0.717, 1.165) is 6.42 Å². The Kier molecular flexibility index (Phi) is 15.1. The van der Waals surface area contributed by atoms with Gasteiger partial charge in [-0.15, -0.1) is 0 Å². The number of benzene rings is 1. The van der Waals surface area contributed by atoms with Gasteiger partial charge in [0.25, 0.3) is 0 Å². The molecule has 62 heavy (non-hydrogen) atoms. The van der Waals surface area contributed by atoms with Crippen LogP contribution in [-0.4, -0.2) is 98.7 Å². The fourth-order valence-corrected chi connectivity index (χ4v) is 11.3. The molecule has 5 heterocycles. The molecule has 0 bridgehead atoms. The maximum Gasteiger partial charge on any atom is 0.514 e. The van der Waals surface area contributed by atoms with Crippen LogP contribution in [0.15, 0.2) is 42.5 Å². The van der Waals surface area contributed by atoms with Crippen LogP contribution in [0.4, 0.5) is 4.79 Å². The van der Waals surface area contributed by atoms with E-state index < -0.39 is 95.2 Å². The van der Waals surface area contributed by atoms with Crippen LogP contribution in [-0.2, 0) is 38.0 Å². The highest BCUT2D eigenvalue weighted by atomic mass is 16.8. The minimum Gasteiger partial charge on any atom is -0.481 e. The molecule has 18 atom stereocenters. The summed E-state index contributed by atoms with van der Waals surface area (Å²) in [5.41, 5.74) is -1.81. The predicted octanol–water partition coefficient (Wildman–Crippen LogP) is 8.41. The average Bonchev–Trinajstić information content (AvgIpc) is 3.59. The summed E-state index contributed by atoms with van der Waals surface area (Å²) in [7, 11) is 0. The third-order valence-corrected chi connectivity index (χ3v) is 15.6. The first kappa shape index (κ1) is 48.5. The molecule has 0 saturated carbocycles. The van der Waals surface area contributed by atoms with Gasteiger partial charge in [0.2, 0.25) is 5.79 Å². The molecule has 13 heteroatoms. The number of aliphatic carboxylic acids is 1. The molecular weight excluding hydrogens is 797 g/mol. The van der Waals surface area contributed by atoms with Gasteiger partial charge in [0.05, 0.1) is 53.7 Å². The molecule has 1 aromatic carbocycles. The molecule has 0 aliphatic carbocycles. The first-order valence-corrected chi connectivity index (χ1v) is 23.4. The Morgan fingerprint density at radius 3 is 2.19 bits per heavy atom. The van der Waals surface area contributed by atoms with Crippen LogP contribution in [0.5, 0.6) is 5.75 Å². The molecule has 3 N–H and O–H groups in total. The van der Waals surface area contributed by atoms with E-state index in [0.29, 0.717) is 63.5 Å². The standard InChI is InChI=1S/C49H74O13/c1-11-35(44(52)53)37-20-19-28(4)42(58-37)32(8)40(50)31(7)41(51)36(12-2)43-29(5)27-30(6)48(60-43)24-22-39(59-45(54)57-34-17-15-14-16-18-34)49(62-48)26-25-46(10,61-49)38-21-23-47(55,13-3)33(9)56-38/h14-18,22,24,28-33,35-40,42-43,50,55H,11-13,19-21,23,25-27H2,1-10H3,(H,52,53)/t28-,29-,30+,31-,32-,33-,35+,36-,37+,38+,39+,40+,42+,43-,46-,47+,48-,49-/m0/s1. The van der Waals surface area contributed by atoms with Crippen molar-refractivity contribution in [1.29, 1.82) is 0 Å². The Morgan fingerprint density at radius 1 is 0.871 bits per heavy atom. The molecule has 0 radical (unpaired) electrons. The number of carboxylic acid groups (broad SMARTS) is 1. The number of ketones is 1. The normalized spacial score (nSPS) is 40.9. The number of carbonyl (C=O) groups excluding carboxylic acids is 2. The van der Waals surface area contributed by atoms with E-state index in [-0.39, 0.29) is 29.6 Å². The highest BCUT2D eigenvalue weighted by Gasteiger charge is 2.64. The van der Waals surface area contributed by atoms with Crippen molar-refractivity contribution in [2.45, 2.75) is 199 Å². The SMILES string of the molecule is CC[C@@H](C(=O)[C@@H](C)[C@@H](O)[C@H](C)[C@@H]1O[C@@H]([C@@H](CC)C(=O)O)CC[C@@H]1C)[C@H]1O[C@]2(C=C[C@@H](OC(=O)Oc3ccccc3)[C@]3(CC[C@@](C)([C@H]4CC[C@](O)(CC)[C@H](C)O4)O3)O2)[C@H](C)C[C@@H]1C. The predicted molar refractivity (Wildman–Crippen MR) is 230 cm³/mol. The van der Waals surface area contributed by atoms with Gasteiger partial charge in [0.1, 0.15) is 11.5 Å². The fourth-order valence-electron chi connectivity index (χ4n) is 11.3. The zero-order valence-corrected chi connectivity index (χ0v) is 38.6. The summed E-state index contributed by atoms with van der Waals surface area (Å²) in [4.78, 5) is 40.1. The second-order valence-electron chi connectivity index (χ2n) is 19.7. The van der Waals surface area contributed by atoms with Gasteiger partial charge >= 0.3 is 12.1 Å². The van der Waals surface area contributed by atoms with Crippen molar-refractivity contribution >= 4 is 17.9 Å². The third kappa shape index (κ3) is 9.56. The van der Waals surface area contributed by atoms with E-state index in [9.17, 15) is 29.7 Å². The smallest absolute Gasteiger partial charge is 0.481 e. The van der Waals surface area contributed by atoms with Crippen molar-refractivity contribution in [3.8, 4) is 5.75 Å². The van der Waals surface area contributed by atoms with E-state index in [1.54, 1.807) is 43.3 Å². The quantitative estimate of drug-likeness (QED) is 0.0924. The molecule has 0 aromatic heterocycles. The molecule has 348 valence electrons. The van der Waals surface area contributed by atoms with Gasteiger partial charge in [-0.2, -0.15) is 0 Å². The monoisotopic (exact) mass is 871 g/mol. The number of aliphatic hydroxyl groups excluding tert-OH is 1. The van der Waals surface area contributed by atoms with Crippen molar-refractivity contribution in [2.75, 3.05) is 0 Å². The summed E-state index contributed by atoms with van der Waals surface area (Å²) >= 11 is 0. The van der Waals surface area contributed by atoms with Crippen molar-refractivity contribution in [1.82, 2.24) is 0 Å². The lowest BCUT2D eigenvalue weighted by atomic mass is 9.72. The van der Waals surface area contributed by atoms with Crippen LogP contribution >= 0.6 is 0 Å². The molecule has 2 spiro atoms. The first-order valence-electron chi connectivity index (χ1n) is 23.4. The first-order chi connectivity index (χ1) is 29.3. The number of hydrogen-bond acceptors (Lipinski definition) is 12. The van der Waals surface area contributed by atoms with E-state index in [4.69, 9.17) is 33.2 Å². The van der Waals surface area contributed by atoms with E-state index in [1.807, 2.05) is 54.5 Å².